The number of rotatable bonds is 2. The number of carboxylic acids is 1. The van der Waals surface area contributed by atoms with Gasteiger partial charge in [0.25, 0.3) is 0 Å². The minimum atomic E-state index is -1.02. The molecule has 0 atom stereocenters. The number of phenols is 1. The Morgan fingerprint density at radius 1 is 1.31 bits per heavy atom. The normalized spacial score (nSPS) is 10.3. The van der Waals surface area contributed by atoms with Crippen molar-refractivity contribution in [1.82, 2.24) is 9.78 Å². The molecule has 2 aromatic rings. The number of nitrogens with zero attached hydrogens (tertiary/aromatic N) is 2. The topological polar surface area (TPSA) is 75.3 Å². The lowest BCUT2D eigenvalue weighted by Gasteiger charge is -2.01. The highest BCUT2D eigenvalue weighted by atomic mass is 16.4. The molecule has 0 saturated carbocycles. The van der Waals surface area contributed by atoms with E-state index in [0.29, 0.717) is 11.1 Å². The van der Waals surface area contributed by atoms with Gasteiger partial charge in [-0.05, 0) is 17.7 Å². The van der Waals surface area contributed by atoms with Crippen LogP contribution in [0, 0.1) is 0 Å². The van der Waals surface area contributed by atoms with Crippen molar-refractivity contribution < 1.29 is 15.0 Å². The molecule has 5 heteroatoms. The summed E-state index contributed by atoms with van der Waals surface area (Å²) < 4.78 is 1.31. The summed E-state index contributed by atoms with van der Waals surface area (Å²) in [6, 6.07) is 6.32. The first-order valence-corrected chi connectivity index (χ1v) is 4.64. The third-order valence-corrected chi connectivity index (χ3v) is 2.32. The molecule has 1 heterocycles. The van der Waals surface area contributed by atoms with Crippen LogP contribution in [0.1, 0.15) is 10.5 Å². The first-order chi connectivity index (χ1) is 7.59. The maximum Gasteiger partial charge on any atom is 0.354 e. The van der Waals surface area contributed by atoms with Gasteiger partial charge in [0.2, 0.25) is 0 Å². The molecule has 2 rings (SSSR count). The summed E-state index contributed by atoms with van der Waals surface area (Å²) in [4.78, 5) is 11.0. The quantitative estimate of drug-likeness (QED) is 0.800. The van der Waals surface area contributed by atoms with Crippen LogP contribution in [0.15, 0.2) is 30.5 Å². The number of carboxylic acid groups (broad SMARTS) is 1. The molecule has 5 nitrogen and oxygen atoms in total. The highest BCUT2D eigenvalue weighted by Crippen LogP contribution is 2.24. The maximum atomic E-state index is 11.0. The Hall–Kier alpha value is -2.30. The number of aromatic carboxylic acids is 1. The second kappa shape index (κ2) is 3.69. The maximum absolute atomic E-state index is 11.0. The van der Waals surface area contributed by atoms with E-state index >= 15 is 0 Å². The zero-order valence-corrected chi connectivity index (χ0v) is 8.58. The molecule has 0 aliphatic rings. The van der Waals surface area contributed by atoms with Crippen LogP contribution in [0.5, 0.6) is 5.75 Å². The van der Waals surface area contributed by atoms with Crippen LogP contribution in [0.4, 0.5) is 0 Å². The van der Waals surface area contributed by atoms with Gasteiger partial charge in [-0.1, -0.05) is 12.1 Å². The molecule has 0 aliphatic carbocycles. The zero-order valence-electron chi connectivity index (χ0n) is 8.58. The Kier molecular flexibility index (Phi) is 2.36. The Morgan fingerprint density at radius 3 is 2.50 bits per heavy atom. The van der Waals surface area contributed by atoms with E-state index in [2.05, 4.69) is 5.10 Å². The van der Waals surface area contributed by atoms with Crippen LogP contribution in [0.3, 0.4) is 0 Å². The van der Waals surface area contributed by atoms with E-state index in [1.165, 1.54) is 23.0 Å². The molecule has 0 fully saturated rings. The van der Waals surface area contributed by atoms with Crippen molar-refractivity contribution in [2.75, 3.05) is 0 Å². The monoisotopic (exact) mass is 218 g/mol. The second-order valence-electron chi connectivity index (χ2n) is 3.38. The number of carbonyl (C=O) groups is 1. The molecule has 2 N–H and O–H groups in total. The molecule has 82 valence electrons. The number of aromatic nitrogens is 2. The molecule has 0 bridgehead atoms. The molecule has 0 radical (unpaired) electrons. The van der Waals surface area contributed by atoms with Crippen molar-refractivity contribution in [3.05, 3.63) is 36.2 Å². The number of hydrogen-bond donors (Lipinski definition) is 2. The van der Waals surface area contributed by atoms with Crippen molar-refractivity contribution in [3.8, 4) is 16.9 Å². The molecule has 0 saturated heterocycles. The van der Waals surface area contributed by atoms with Gasteiger partial charge in [-0.2, -0.15) is 5.10 Å². The van der Waals surface area contributed by atoms with E-state index < -0.39 is 5.97 Å². The Balaban J connectivity index is 2.56. The van der Waals surface area contributed by atoms with Crippen molar-refractivity contribution in [1.29, 1.82) is 0 Å². The largest absolute Gasteiger partial charge is 0.508 e. The summed E-state index contributed by atoms with van der Waals surface area (Å²) in [5.74, 6) is -0.882. The van der Waals surface area contributed by atoms with Gasteiger partial charge in [0.1, 0.15) is 5.75 Å². The van der Waals surface area contributed by atoms with Gasteiger partial charge in [0, 0.05) is 12.6 Å². The van der Waals surface area contributed by atoms with Gasteiger partial charge in [0.15, 0.2) is 5.69 Å². The van der Waals surface area contributed by atoms with Crippen LogP contribution in [-0.2, 0) is 7.05 Å². The van der Waals surface area contributed by atoms with Crippen LogP contribution in [0.2, 0.25) is 0 Å². The average Bonchev–Trinajstić information content (AvgIpc) is 2.61. The third-order valence-electron chi connectivity index (χ3n) is 2.32. The fourth-order valence-electron chi connectivity index (χ4n) is 1.54. The van der Waals surface area contributed by atoms with Crippen LogP contribution in [-0.4, -0.2) is 26.0 Å². The zero-order chi connectivity index (χ0) is 11.7. The van der Waals surface area contributed by atoms with E-state index in [-0.39, 0.29) is 11.4 Å². The lowest BCUT2D eigenvalue weighted by Crippen LogP contribution is -2.06. The fraction of sp³-hybridized carbons (Fsp3) is 0.0909. The summed E-state index contributed by atoms with van der Waals surface area (Å²) in [6.07, 6.45) is 1.50. The lowest BCUT2D eigenvalue weighted by molar-refractivity contribution is 0.0686. The molecule has 0 spiro atoms. The van der Waals surface area contributed by atoms with E-state index in [1.54, 1.807) is 19.2 Å². The third kappa shape index (κ3) is 1.63. The summed E-state index contributed by atoms with van der Waals surface area (Å²) in [5, 5.41) is 22.1. The first-order valence-electron chi connectivity index (χ1n) is 4.64. The van der Waals surface area contributed by atoms with Gasteiger partial charge < -0.3 is 10.2 Å². The first kappa shape index (κ1) is 10.2. The van der Waals surface area contributed by atoms with Crippen molar-refractivity contribution in [2.45, 2.75) is 0 Å². The van der Waals surface area contributed by atoms with E-state index in [9.17, 15) is 4.79 Å². The van der Waals surface area contributed by atoms with E-state index in [0.717, 1.165) is 0 Å². The summed E-state index contributed by atoms with van der Waals surface area (Å²) in [7, 11) is 1.58. The highest BCUT2D eigenvalue weighted by molar-refractivity contribution is 5.94. The number of aromatic hydroxyl groups is 1. The van der Waals surface area contributed by atoms with E-state index in [1.807, 2.05) is 0 Å². The molecule has 0 unspecified atom stereocenters. The number of phenolic OH excluding ortho intramolecular Hbond substituents is 1. The molecular weight excluding hydrogens is 208 g/mol. The molecule has 1 aromatic heterocycles. The van der Waals surface area contributed by atoms with Crippen molar-refractivity contribution in [2.24, 2.45) is 7.05 Å². The molecule has 0 aliphatic heterocycles. The SMILES string of the molecule is Cn1ncc(-c2ccc(O)cc2)c1C(=O)O. The number of hydrogen-bond acceptors (Lipinski definition) is 3. The van der Waals surface area contributed by atoms with Gasteiger partial charge in [-0.3, -0.25) is 4.68 Å². The van der Waals surface area contributed by atoms with Crippen LogP contribution < -0.4 is 0 Å². The Morgan fingerprint density at radius 2 is 1.94 bits per heavy atom. The van der Waals surface area contributed by atoms with Crippen molar-refractivity contribution in [3.63, 3.8) is 0 Å². The fourth-order valence-corrected chi connectivity index (χ4v) is 1.54. The highest BCUT2D eigenvalue weighted by Gasteiger charge is 2.16. The summed E-state index contributed by atoms with van der Waals surface area (Å²) in [6.45, 7) is 0. The molecule has 16 heavy (non-hydrogen) atoms. The molecular formula is C11H10N2O3. The minimum Gasteiger partial charge on any atom is -0.508 e. The van der Waals surface area contributed by atoms with Gasteiger partial charge >= 0.3 is 5.97 Å². The van der Waals surface area contributed by atoms with Gasteiger partial charge in [-0.15, -0.1) is 0 Å². The predicted molar refractivity (Wildman–Crippen MR) is 57.3 cm³/mol. The summed E-state index contributed by atoms with van der Waals surface area (Å²) in [5.41, 5.74) is 1.38. The molecule has 0 amide bonds. The summed E-state index contributed by atoms with van der Waals surface area (Å²) >= 11 is 0. The van der Waals surface area contributed by atoms with E-state index in [4.69, 9.17) is 10.2 Å². The van der Waals surface area contributed by atoms with Crippen LogP contribution >= 0.6 is 0 Å². The lowest BCUT2D eigenvalue weighted by atomic mass is 10.1. The van der Waals surface area contributed by atoms with Gasteiger partial charge in [-0.25, -0.2) is 4.79 Å². The second-order valence-corrected chi connectivity index (χ2v) is 3.38. The number of aryl methyl sites for hydroxylation is 1. The minimum absolute atomic E-state index is 0.130. The van der Waals surface area contributed by atoms with Crippen molar-refractivity contribution >= 4 is 5.97 Å². The average molecular weight is 218 g/mol. The predicted octanol–water partition coefficient (Wildman–Crippen LogP) is 1.49. The standard InChI is InChI=1S/C11H10N2O3/c1-13-10(11(15)16)9(6-12-13)7-2-4-8(14)5-3-7/h2-6,14H,1H3,(H,15,16). The smallest absolute Gasteiger partial charge is 0.354 e. The molecule has 1 aromatic carbocycles. The van der Waals surface area contributed by atoms with Crippen LogP contribution in [0.25, 0.3) is 11.1 Å². The number of benzene rings is 1. The Bertz CT molecular complexity index is 529. The Labute approximate surface area is 91.6 Å². The van der Waals surface area contributed by atoms with Gasteiger partial charge in [0.05, 0.1) is 6.20 Å².